The van der Waals surface area contributed by atoms with Crippen molar-refractivity contribution in [2.75, 3.05) is 38.2 Å². The minimum absolute atomic E-state index is 0.603. The van der Waals surface area contributed by atoms with Crippen LogP contribution >= 0.6 is 11.6 Å². The number of rotatable bonds is 4. The molecular weight excluding hydrogens is 356 g/mol. The van der Waals surface area contributed by atoms with Crippen LogP contribution in [0.5, 0.6) is 5.75 Å². The summed E-state index contributed by atoms with van der Waals surface area (Å²) in [6.45, 7) is 4.33. The van der Waals surface area contributed by atoms with Crippen LogP contribution in [-0.4, -0.2) is 33.3 Å². The Morgan fingerprint density at radius 1 is 0.963 bits per heavy atom. The lowest BCUT2D eigenvalue weighted by Gasteiger charge is -2.34. The lowest BCUT2D eigenvalue weighted by atomic mass is 9.89. The highest BCUT2D eigenvalue weighted by atomic mass is 35.5. The SMILES string of the molecule is COc1ccc(C2CCN(c3ccc(C4CCCNC4)cc3Cl)CC2)cc1. The average Bonchev–Trinajstić information content (AvgIpc) is 2.74. The largest absolute Gasteiger partial charge is 0.497 e. The Bertz CT molecular complexity index is 747. The molecule has 2 saturated heterocycles. The Morgan fingerprint density at radius 3 is 2.33 bits per heavy atom. The van der Waals surface area contributed by atoms with E-state index in [9.17, 15) is 0 Å². The van der Waals surface area contributed by atoms with E-state index in [0.29, 0.717) is 11.8 Å². The lowest BCUT2D eigenvalue weighted by Crippen LogP contribution is -2.33. The zero-order chi connectivity index (χ0) is 18.6. The van der Waals surface area contributed by atoms with Crippen LogP contribution in [0.3, 0.4) is 0 Å². The average molecular weight is 385 g/mol. The first-order chi connectivity index (χ1) is 13.2. The Morgan fingerprint density at radius 2 is 1.70 bits per heavy atom. The molecule has 0 aromatic heterocycles. The second kappa shape index (κ2) is 8.53. The van der Waals surface area contributed by atoms with Crippen LogP contribution in [0.1, 0.15) is 48.6 Å². The van der Waals surface area contributed by atoms with E-state index < -0.39 is 0 Å². The smallest absolute Gasteiger partial charge is 0.118 e. The van der Waals surface area contributed by atoms with E-state index in [1.54, 1.807) is 7.11 Å². The summed E-state index contributed by atoms with van der Waals surface area (Å²) in [6.07, 6.45) is 4.84. The number of nitrogens with one attached hydrogen (secondary N) is 1. The Hall–Kier alpha value is -1.71. The predicted octanol–water partition coefficient (Wildman–Crippen LogP) is 5.20. The Kier molecular flexibility index (Phi) is 5.89. The van der Waals surface area contributed by atoms with Crippen LogP contribution in [0, 0.1) is 0 Å². The highest BCUT2D eigenvalue weighted by molar-refractivity contribution is 6.33. The molecule has 1 N–H and O–H groups in total. The maximum atomic E-state index is 6.69. The molecule has 2 aliphatic rings. The summed E-state index contributed by atoms with van der Waals surface area (Å²) >= 11 is 6.69. The number of piperidine rings is 2. The van der Waals surface area contributed by atoms with Gasteiger partial charge in [-0.15, -0.1) is 0 Å². The molecule has 2 aliphatic heterocycles. The first-order valence-electron chi connectivity index (χ1n) is 10.1. The van der Waals surface area contributed by atoms with Gasteiger partial charge in [-0.05, 0) is 79.5 Å². The summed E-state index contributed by atoms with van der Waals surface area (Å²) in [4.78, 5) is 2.45. The monoisotopic (exact) mass is 384 g/mol. The van der Waals surface area contributed by atoms with Crippen molar-refractivity contribution in [3.8, 4) is 5.75 Å². The standard InChI is InChI=1S/C23H29ClN2O/c1-27-21-7-4-17(5-8-21)18-10-13-26(14-11-18)23-9-6-19(15-22(23)24)20-3-2-12-25-16-20/h4-9,15,18,20,25H,2-3,10-14,16H2,1H3. The second-order valence-corrected chi connectivity index (χ2v) is 8.20. The van der Waals surface area contributed by atoms with E-state index in [0.717, 1.165) is 49.8 Å². The number of hydrogen-bond donors (Lipinski definition) is 1. The van der Waals surface area contributed by atoms with Crippen molar-refractivity contribution < 1.29 is 4.74 Å². The van der Waals surface area contributed by atoms with Gasteiger partial charge >= 0.3 is 0 Å². The molecule has 0 radical (unpaired) electrons. The van der Waals surface area contributed by atoms with Gasteiger partial charge in [-0.3, -0.25) is 0 Å². The van der Waals surface area contributed by atoms with Crippen molar-refractivity contribution >= 4 is 17.3 Å². The minimum atomic E-state index is 0.603. The Balaban J connectivity index is 1.40. The third-order valence-electron chi connectivity index (χ3n) is 6.16. The number of anilines is 1. The van der Waals surface area contributed by atoms with E-state index >= 15 is 0 Å². The van der Waals surface area contributed by atoms with E-state index in [-0.39, 0.29) is 0 Å². The van der Waals surface area contributed by atoms with Crippen LogP contribution in [0.25, 0.3) is 0 Å². The van der Waals surface area contributed by atoms with Crippen LogP contribution in [0.2, 0.25) is 5.02 Å². The van der Waals surface area contributed by atoms with Crippen LogP contribution < -0.4 is 15.0 Å². The summed E-state index contributed by atoms with van der Waals surface area (Å²) in [7, 11) is 1.72. The number of methoxy groups -OCH3 is 1. The molecule has 27 heavy (non-hydrogen) atoms. The molecule has 2 fully saturated rings. The van der Waals surface area contributed by atoms with Gasteiger partial charge < -0.3 is 15.0 Å². The number of ether oxygens (including phenoxy) is 1. The highest BCUT2D eigenvalue weighted by Gasteiger charge is 2.23. The lowest BCUT2D eigenvalue weighted by molar-refractivity contribution is 0.414. The van der Waals surface area contributed by atoms with Gasteiger partial charge in [0.1, 0.15) is 5.75 Å². The van der Waals surface area contributed by atoms with Gasteiger partial charge in [-0.1, -0.05) is 29.8 Å². The molecule has 144 valence electrons. The molecule has 0 bridgehead atoms. The molecule has 2 heterocycles. The molecule has 0 spiro atoms. The molecule has 1 unspecified atom stereocenters. The third kappa shape index (κ3) is 4.25. The first kappa shape index (κ1) is 18.6. The summed E-state index contributed by atoms with van der Waals surface area (Å²) in [5.41, 5.74) is 3.99. The zero-order valence-corrected chi connectivity index (χ0v) is 16.8. The summed E-state index contributed by atoms with van der Waals surface area (Å²) in [6, 6.07) is 15.3. The maximum absolute atomic E-state index is 6.69. The van der Waals surface area contributed by atoms with Crippen LogP contribution in [0.15, 0.2) is 42.5 Å². The first-order valence-corrected chi connectivity index (χ1v) is 10.5. The fraction of sp³-hybridized carbons (Fsp3) is 0.478. The van der Waals surface area contributed by atoms with Gasteiger partial charge in [0.15, 0.2) is 0 Å². The molecular formula is C23H29ClN2O. The van der Waals surface area contributed by atoms with Crippen LogP contribution in [0.4, 0.5) is 5.69 Å². The number of benzene rings is 2. The number of halogens is 1. The molecule has 0 saturated carbocycles. The van der Waals surface area contributed by atoms with Crippen molar-refractivity contribution in [3.05, 3.63) is 58.6 Å². The molecule has 2 aromatic rings. The van der Waals surface area contributed by atoms with Crippen molar-refractivity contribution in [1.29, 1.82) is 0 Å². The number of nitrogens with zero attached hydrogens (tertiary/aromatic N) is 1. The molecule has 4 heteroatoms. The molecule has 1 atom stereocenters. The van der Waals surface area contributed by atoms with Crippen molar-refractivity contribution in [3.63, 3.8) is 0 Å². The van der Waals surface area contributed by atoms with E-state index in [1.807, 2.05) is 0 Å². The van der Waals surface area contributed by atoms with E-state index in [1.165, 1.54) is 29.7 Å². The minimum Gasteiger partial charge on any atom is -0.497 e. The normalized spacial score (nSPS) is 21.3. The second-order valence-electron chi connectivity index (χ2n) is 7.79. The van der Waals surface area contributed by atoms with Gasteiger partial charge in [-0.2, -0.15) is 0 Å². The highest BCUT2D eigenvalue weighted by Crippen LogP contribution is 2.36. The Labute approximate surface area is 167 Å². The van der Waals surface area contributed by atoms with Gasteiger partial charge in [0.05, 0.1) is 17.8 Å². The zero-order valence-electron chi connectivity index (χ0n) is 16.1. The van der Waals surface area contributed by atoms with Crippen molar-refractivity contribution in [1.82, 2.24) is 5.32 Å². The molecule has 2 aromatic carbocycles. The molecule has 0 amide bonds. The fourth-order valence-corrected chi connectivity index (χ4v) is 4.81. The topological polar surface area (TPSA) is 24.5 Å². The van der Waals surface area contributed by atoms with Gasteiger partial charge in [0.25, 0.3) is 0 Å². The van der Waals surface area contributed by atoms with E-state index in [2.05, 4.69) is 52.7 Å². The van der Waals surface area contributed by atoms with Gasteiger partial charge in [0.2, 0.25) is 0 Å². The number of hydrogen-bond acceptors (Lipinski definition) is 3. The summed E-state index contributed by atoms with van der Waals surface area (Å²) < 4.78 is 5.27. The predicted molar refractivity (Wildman–Crippen MR) is 113 cm³/mol. The third-order valence-corrected chi connectivity index (χ3v) is 6.47. The quantitative estimate of drug-likeness (QED) is 0.784. The fourth-order valence-electron chi connectivity index (χ4n) is 4.50. The van der Waals surface area contributed by atoms with Crippen molar-refractivity contribution in [2.45, 2.75) is 37.5 Å². The van der Waals surface area contributed by atoms with Crippen molar-refractivity contribution in [2.24, 2.45) is 0 Å². The summed E-state index contributed by atoms with van der Waals surface area (Å²) in [5.74, 6) is 2.15. The molecule has 4 rings (SSSR count). The van der Waals surface area contributed by atoms with E-state index in [4.69, 9.17) is 16.3 Å². The maximum Gasteiger partial charge on any atom is 0.118 e. The summed E-state index contributed by atoms with van der Waals surface area (Å²) in [5, 5.41) is 4.40. The molecule has 3 nitrogen and oxygen atoms in total. The van der Waals surface area contributed by atoms with Gasteiger partial charge in [0, 0.05) is 19.6 Å². The van der Waals surface area contributed by atoms with Gasteiger partial charge in [-0.25, -0.2) is 0 Å². The molecule has 0 aliphatic carbocycles. The van der Waals surface area contributed by atoms with Crippen LogP contribution in [-0.2, 0) is 0 Å².